The van der Waals surface area contributed by atoms with Crippen LogP contribution in [0.5, 0.6) is 0 Å². The third-order valence-corrected chi connectivity index (χ3v) is 4.97. The second-order valence-corrected chi connectivity index (χ2v) is 7.23. The Morgan fingerprint density at radius 3 is 2.68 bits per heavy atom. The number of aromatic nitrogens is 2. The monoisotopic (exact) mass is 444 g/mol. The van der Waals surface area contributed by atoms with Crippen molar-refractivity contribution in [3.8, 4) is 5.69 Å². The normalized spacial score (nSPS) is 14.1. The number of hydrogen-bond donors (Lipinski definition) is 1. The van der Waals surface area contributed by atoms with Gasteiger partial charge >= 0.3 is 0 Å². The fraction of sp³-hybridized carbons (Fsp3) is 0.200. The van der Waals surface area contributed by atoms with Gasteiger partial charge in [-0.1, -0.05) is 28.1 Å². The van der Waals surface area contributed by atoms with Crippen molar-refractivity contribution in [2.45, 2.75) is 0 Å². The molecular weight excluding hydrogens is 427 g/mol. The number of para-hydroxylation sites is 1. The molecule has 4 rings (SSSR count). The number of ether oxygens (including phenoxy) is 1. The first-order chi connectivity index (χ1) is 13.6. The summed E-state index contributed by atoms with van der Waals surface area (Å²) >= 11 is 3.45. The number of nitrogens with zero attached hydrogens (tertiary/aromatic N) is 3. The van der Waals surface area contributed by atoms with Gasteiger partial charge in [0.1, 0.15) is 11.5 Å². The first kappa shape index (κ1) is 18.6. The van der Waals surface area contributed by atoms with E-state index in [4.69, 9.17) is 4.74 Å². The van der Waals surface area contributed by atoms with Gasteiger partial charge in [0.2, 0.25) is 0 Å². The van der Waals surface area contributed by atoms with E-state index in [2.05, 4.69) is 31.2 Å². The largest absolute Gasteiger partial charge is 0.378 e. The van der Waals surface area contributed by atoms with Crippen molar-refractivity contribution >= 4 is 33.2 Å². The number of anilines is 2. The first-order valence-electron chi connectivity index (χ1n) is 8.86. The number of nitrogens with one attached hydrogen (secondary N) is 1. The molecule has 144 valence electrons. The predicted octanol–water partition coefficient (Wildman–Crippen LogP) is 3.86. The molecule has 0 saturated carbocycles. The smallest absolute Gasteiger partial charge is 0.276 e. The Bertz CT molecular complexity index is 1000. The molecule has 1 aromatic heterocycles. The lowest BCUT2D eigenvalue weighted by molar-refractivity contribution is 0.102. The van der Waals surface area contributed by atoms with Crippen molar-refractivity contribution in [1.82, 2.24) is 9.78 Å². The number of carbonyl (C=O) groups is 1. The predicted molar refractivity (Wildman–Crippen MR) is 109 cm³/mol. The topological polar surface area (TPSA) is 59.4 Å². The maximum atomic E-state index is 14.0. The maximum Gasteiger partial charge on any atom is 0.276 e. The van der Waals surface area contributed by atoms with Crippen LogP contribution in [-0.2, 0) is 4.74 Å². The number of benzene rings is 2. The van der Waals surface area contributed by atoms with E-state index >= 15 is 0 Å². The van der Waals surface area contributed by atoms with E-state index in [1.54, 1.807) is 30.5 Å². The summed E-state index contributed by atoms with van der Waals surface area (Å²) in [5.74, 6) is -0.762. The van der Waals surface area contributed by atoms with Crippen LogP contribution in [0.4, 0.5) is 15.8 Å². The molecule has 0 atom stereocenters. The average molecular weight is 445 g/mol. The standard InChI is InChI=1S/C20H18BrFN4O2/c21-14-5-6-19(25-9-11-28-12-10-25)17(13-14)23-20(27)16-7-8-26(24-16)18-4-2-1-3-15(18)22/h1-8,13H,9-12H2,(H,23,27). The van der Waals surface area contributed by atoms with Crippen LogP contribution in [0.25, 0.3) is 5.69 Å². The van der Waals surface area contributed by atoms with Gasteiger partial charge in [0, 0.05) is 23.8 Å². The molecule has 1 aliphatic heterocycles. The van der Waals surface area contributed by atoms with Gasteiger partial charge in [-0.2, -0.15) is 5.10 Å². The van der Waals surface area contributed by atoms with Crippen molar-refractivity contribution in [1.29, 1.82) is 0 Å². The molecule has 0 bridgehead atoms. The number of hydrogen-bond acceptors (Lipinski definition) is 4. The number of carbonyl (C=O) groups excluding carboxylic acids is 1. The van der Waals surface area contributed by atoms with Crippen LogP contribution in [-0.4, -0.2) is 42.0 Å². The lowest BCUT2D eigenvalue weighted by atomic mass is 10.2. The number of rotatable bonds is 4. The summed E-state index contributed by atoms with van der Waals surface area (Å²) in [4.78, 5) is 14.9. The maximum absolute atomic E-state index is 14.0. The number of amides is 1. The molecule has 0 aliphatic carbocycles. The molecule has 0 spiro atoms. The fourth-order valence-electron chi connectivity index (χ4n) is 3.09. The fourth-order valence-corrected chi connectivity index (χ4v) is 3.45. The average Bonchev–Trinajstić information content (AvgIpc) is 3.19. The van der Waals surface area contributed by atoms with E-state index in [0.29, 0.717) is 18.9 Å². The second-order valence-electron chi connectivity index (χ2n) is 6.31. The summed E-state index contributed by atoms with van der Waals surface area (Å²) in [6, 6.07) is 13.6. The Kier molecular flexibility index (Phi) is 5.40. The minimum Gasteiger partial charge on any atom is -0.378 e. The van der Waals surface area contributed by atoms with Crippen LogP contribution in [0, 0.1) is 5.82 Å². The van der Waals surface area contributed by atoms with Gasteiger partial charge < -0.3 is 15.0 Å². The molecule has 1 amide bonds. The van der Waals surface area contributed by atoms with Gasteiger partial charge in [0.25, 0.3) is 5.91 Å². The van der Waals surface area contributed by atoms with Gasteiger partial charge in [-0.3, -0.25) is 4.79 Å². The quantitative estimate of drug-likeness (QED) is 0.663. The Balaban J connectivity index is 1.57. The highest BCUT2D eigenvalue weighted by Gasteiger charge is 2.18. The van der Waals surface area contributed by atoms with Crippen molar-refractivity contribution in [3.63, 3.8) is 0 Å². The minimum absolute atomic E-state index is 0.205. The van der Waals surface area contributed by atoms with E-state index < -0.39 is 5.82 Å². The molecule has 0 unspecified atom stereocenters. The summed E-state index contributed by atoms with van der Waals surface area (Å²) in [6.45, 7) is 2.81. The molecule has 2 aromatic carbocycles. The summed E-state index contributed by atoms with van der Waals surface area (Å²) in [5.41, 5.74) is 2.10. The van der Waals surface area contributed by atoms with Gasteiger partial charge in [-0.25, -0.2) is 9.07 Å². The summed E-state index contributed by atoms with van der Waals surface area (Å²) < 4.78 is 21.6. The molecular formula is C20H18BrFN4O2. The Morgan fingerprint density at radius 2 is 1.89 bits per heavy atom. The van der Waals surface area contributed by atoms with Crippen LogP contribution in [0.2, 0.25) is 0 Å². The summed E-state index contributed by atoms with van der Waals surface area (Å²) in [5, 5.41) is 7.14. The Labute approximate surface area is 170 Å². The van der Waals surface area contributed by atoms with Gasteiger partial charge in [-0.05, 0) is 36.4 Å². The van der Waals surface area contributed by atoms with Gasteiger partial charge in [-0.15, -0.1) is 0 Å². The molecule has 1 fully saturated rings. The highest BCUT2D eigenvalue weighted by Crippen LogP contribution is 2.30. The van der Waals surface area contributed by atoms with Crippen LogP contribution < -0.4 is 10.2 Å². The van der Waals surface area contributed by atoms with Crippen LogP contribution >= 0.6 is 15.9 Å². The van der Waals surface area contributed by atoms with E-state index in [1.165, 1.54) is 10.7 Å². The Morgan fingerprint density at radius 1 is 1.11 bits per heavy atom. The summed E-state index contributed by atoms with van der Waals surface area (Å²) in [6.07, 6.45) is 1.57. The van der Waals surface area contributed by atoms with Gasteiger partial charge in [0.15, 0.2) is 5.69 Å². The van der Waals surface area contributed by atoms with Crippen LogP contribution in [0.1, 0.15) is 10.5 Å². The molecule has 1 saturated heterocycles. The van der Waals surface area contributed by atoms with E-state index in [1.807, 2.05) is 18.2 Å². The highest BCUT2D eigenvalue weighted by molar-refractivity contribution is 9.10. The molecule has 6 nitrogen and oxygen atoms in total. The van der Waals surface area contributed by atoms with Crippen molar-refractivity contribution < 1.29 is 13.9 Å². The molecule has 28 heavy (non-hydrogen) atoms. The lowest BCUT2D eigenvalue weighted by Gasteiger charge is -2.30. The molecule has 1 N–H and O–H groups in total. The number of morpholine rings is 1. The van der Waals surface area contributed by atoms with Crippen molar-refractivity contribution in [2.24, 2.45) is 0 Å². The highest BCUT2D eigenvalue weighted by atomic mass is 79.9. The second kappa shape index (κ2) is 8.12. The SMILES string of the molecule is O=C(Nc1cc(Br)ccc1N1CCOCC1)c1ccn(-c2ccccc2F)n1. The zero-order valence-electron chi connectivity index (χ0n) is 14.9. The third kappa shape index (κ3) is 3.93. The van der Waals surface area contributed by atoms with E-state index in [-0.39, 0.29) is 17.3 Å². The van der Waals surface area contributed by atoms with E-state index in [9.17, 15) is 9.18 Å². The number of halogens is 2. The minimum atomic E-state index is -0.404. The molecule has 8 heteroatoms. The van der Waals surface area contributed by atoms with Crippen molar-refractivity contribution in [3.05, 3.63) is 70.7 Å². The van der Waals surface area contributed by atoms with Crippen LogP contribution in [0.3, 0.4) is 0 Å². The summed E-state index contributed by atoms with van der Waals surface area (Å²) in [7, 11) is 0. The first-order valence-corrected chi connectivity index (χ1v) is 9.65. The van der Waals surface area contributed by atoms with Crippen LogP contribution in [0.15, 0.2) is 59.2 Å². The lowest BCUT2D eigenvalue weighted by Crippen LogP contribution is -2.36. The molecule has 0 radical (unpaired) electrons. The Hall–Kier alpha value is -2.71. The molecule has 3 aromatic rings. The van der Waals surface area contributed by atoms with Crippen molar-refractivity contribution in [2.75, 3.05) is 36.5 Å². The third-order valence-electron chi connectivity index (χ3n) is 4.48. The zero-order chi connectivity index (χ0) is 19.5. The molecule has 1 aliphatic rings. The van der Waals surface area contributed by atoms with E-state index in [0.717, 1.165) is 23.2 Å². The molecule has 2 heterocycles. The van der Waals surface area contributed by atoms with Gasteiger partial charge in [0.05, 0.1) is 24.6 Å². The zero-order valence-corrected chi connectivity index (χ0v) is 16.5.